The minimum absolute atomic E-state index is 0.111. The van der Waals surface area contributed by atoms with E-state index in [2.05, 4.69) is 37.9 Å². The molecule has 5 nitrogen and oxygen atoms in total. The van der Waals surface area contributed by atoms with Gasteiger partial charge in [0.2, 0.25) is 5.91 Å². The Morgan fingerprint density at radius 2 is 1.97 bits per heavy atom. The third kappa shape index (κ3) is 4.74. The highest BCUT2D eigenvalue weighted by Crippen LogP contribution is 2.36. The van der Waals surface area contributed by atoms with E-state index in [1.54, 1.807) is 42.2 Å². The maximum Gasteiger partial charge on any atom is 0.268 e. The van der Waals surface area contributed by atoms with E-state index in [0.29, 0.717) is 29.6 Å². The minimum atomic E-state index is -0.581. The van der Waals surface area contributed by atoms with Crippen molar-refractivity contribution in [3.8, 4) is 5.75 Å². The molecule has 0 aliphatic carbocycles. The molecule has 1 unspecified atom stereocenters. The Labute approximate surface area is 171 Å². The van der Waals surface area contributed by atoms with Gasteiger partial charge in [-0.25, -0.2) is 0 Å². The molecule has 150 valence electrons. The molecule has 0 radical (unpaired) electrons. The normalized spacial score (nSPS) is 15.9. The molecule has 29 heavy (non-hydrogen) atoms. The van der Waals surface area contributed by atoms with Crippen LogP contribution in [0.3, 0.4) is 0 Å². The molecule has 2 amide bonds. The van der Waals surface area contributed by atoms with Crippen LogP contribution in [0.4, 0.5) is 11.4 Å². The van der Waals surface area contributed by atoms with Gasteiger partial charge in [-0.05, 0) is 42.2 Å². The van der Waals surface area contributed by atoms with Crippen molar-refractivity contribution < 1.29 is 14.3 Å². The molecule has 0 spiro atoms. The summed E-state index contributed by atoms with van der Waals surface area (Å²) in [5, 5.41) is 2.84. The fourth-order valence-corrected chi connectivity index (χ4v) is 3.15. The molecule has 1 aliphatic heterocycles. The highest BCUT2D eigenvalue weighted by atomic mass is 16.5. The third-order valence-electron chi connectivity index (χ3n) is 4.78. The van der Waals surface area contributed by atoms with Gasteiger partial charge in [0.1, 0.15) is 5.75 Å². The number of carbonyl (C=O) groups is 2. The Morgan fingerprint density at radius 1 is 1.24 bits per heavy atom. The largest absolute Gasteiger partial charge is 0.479 e. The Bertz CT molecular complexity index is 945. The van der Waals surface area contributed by atoms with Crippen LogP contribution >= 0.6 is 0 Å². The van der Waals surface area contributed by atoms with Crippen LogP contribution in [-0.4, -0.2) is 24.5 Å². The predicted molar refractivity (Wildman–Crippen MR) is 117 cm³/mol. The first-order valence-electron chi connectivity index (χ1n) is 9.71. The summed E-state index contributed by atoms with van der Waals surface area (Å²) < 4.78 is 5.71. The number of rotatable bonds is 6. The predicted octanol–water partition coefficient (Wildman–Crippen LogP) is 4.76. The molecule has 2 aromatic rings. The van der Waals surface area contributed by atoms with Crippen LogP contribution in [0.2, 0.25) is 0 Å². The van der Waals surface area contributed by atoms with E-state index in [1.165, 1.54) is 11.6 Å². The van der Waals surface area contributed by atoms with Gasteiger partial charge in [-0.2, -0.15) is 0 Å². The third-order valence-corrected chi connectivity index (χ3v) is 4.78. The molecule has 5 heteroatoms. The average molecular weight is 390 g/mol. The van der Waals surface area contributed by atoms with Crippen LogP contribution in [0.25, 0.3) is 6.08 Å². The van der Waals surface area contributed by atoms with E-state index in [4.69, 9.17) is 4.74 Å². The first-order valence-corrected chi connectivity index (χ1v) is 9.71. The summed E-state index contributed by atoms with van der Waals surface area (Å²) in [5.41, 5.74) is 3.50. The number of ether oxygens (including phenoxy) is 1. The van der Waals surface area contributed by atoms with Crippen LogP contribution in [-0.2, 0) is 9.59 Å². The van der Waals surface area contributed by atoms with Crippen molar-refractivity contribution in [3.05, 3.63) is 72.3 Å². The van der Waals surface area contributed by atoms with Crippen LogP contribution in [0.1, 0.15) is 37.8 Å². The highest BCUT2D eigenvalue weighted by molar-refractivity contribution is 6.03. The first-order chi connectivity index (χ1) is 13.9. The summed E-state index contributed by atoms with van der Waals surface area (Å²) in [4.78, 5) is 26.2. The van der Waals surface area contributed by atoms with Gasteiger partial charge in [-0.15, -0.1) is 6.58 Å². The molecule has 0 aromatic heterocycles. The SMILES string of the molecule is C=CCN1C(=O)C(C)Oc2cc(NC(=O)/C=C/c3ccc(C(C)C)cc3)ccc21. The van der Waals surface area contributed by atoms with Crippen molar-refractivity contribution in [2.24, 2.45) is 0 Å². The molecule has 2 aromatic carbocycles. The zero-order valence-electron chi connectivity index (χ0n) is 17.0. The lowest BCUT2D eigenvalue weighted by Crippen LogP contribution is -2.44. The number of anilines is 2. The minimum Gasteiger partial charge on any atom is -0.479 e. The lowest BCUT2D eigenvalue weighted by molar-refractivity contribution is -0.125. The Morgan fingerprint density at radius 3 is 2.62 bits per heavy atom. The molecule has 1 N–H and O–H groups in total. The quantitative estimate of drug-likeness (QED) is 0.571. The van der Waals surface area contributed by atoms with Gasteiger partial charge in [0, 0.05) is 24.4 Å². The lowest BCUT2D eigenvalue weighted by atomic mass is 10.0. The van der Waals surface area contributed by atoms with Crippen molar-refractivity contribution in [1.82, 2.24) is 0 Å². The van der Waals surface area contributed by atoms with Crippen molar-refractivity contribution in [2.45, 2.75) is 32.8 Å². The lowest BCUT2D eigenvalue weighted by Gasteiger charge is -2.32. The van der Waals surface area contributed by atoms with Crippen molar-refractivity contribution in [3.63, 3.8) is 0 Å². The van der Waals surface area contributed by atoms with E-state index in [0.717, 1.165) is 5.56 Å². The summed E-state index contributed by atoms with van der Waals surface area (Å²) in [5.74, 6) is 0.689. The molecular formula is C24H26N2O3. The summed E-state index contributed by atoms with van der Waals surface area (Å²) in [6, 6.07) is 13.4. The van der Waals surface area contributed by atoms with E-state index >= 15 is 0 Å². The number of fused-ring (bicyclic) bond motifs is 1. The van der Waals surface area contributed by atoms with Gasteiger partial charge in [0.05, 0.1) is 5.69 Å². The number of benzene rings is 2. The Balaban J connectivity index is 1.70. The van der Waals surface area contributed by atoms with Crippen LogP contribution in [0, 0.1) is 0 Å². The molecular weight excluding hydrogens is 364 g/mol. The zero-order valence-corrected chi connectivity index (χ0v) is 17.0. The van der Waals surface area contributed by atoms with Crippen LogP contribution in [0.5, 0.6) is 5.75 Å². The summed E-state index contributed by atoms with van der Waals surface area (Å²) in [6.07, 6.45) is 4.37. The van der Waals surface area contributed by atoms with Gasteiger partial charge < -0.3 is 15.0 Å². The standard InChI is InChI=1S/C24H26N2O3/c1-5-14-26-21-12-11-20(15-22(21)29-17(4)24(26)28)25-23(27)13-8-18-6-9-19(10-7-18)16(2)3/h5-13,15-17H,1,14H2,2-4H3,(H,25,27)/b13-8+. The number of nitrogens with one attached hydrogen (secondary N) is 1. The molecule has 0 bridgehead atoms. The van der Waals surface area contributed by atoms with Gasteiger partial charge >= 0.3 is 0 Å². The number of amides is 2. The summed E-state index contributed by atoms with van der Waals surface area (Å²) >= 11 is 0. The van der Waals surface area contributed by atoms with E-state index in [9.17, 15) is 9.59 Å². The second-order valence-electron chi connectivity index (χ2n) is 7.32. The Hall–Kier alpha value is -3.34. The average Bonchev–Trinajstić information content (AvgIpc) is 2.70. The van der Waals surface area contributed by atoms with Gasteiger partial charge in [-0.1, -0.05) is 44.2 Å². The van der Waals surface area contributed by atoms with Crippen molar-refractivity contribution in [1.29, 1.82) is 0 Å². The molecule has 3 rings (SSSR count). The van der Waals surface area contributed by atoms with Gasteiger partial charge in [0.15, 0.2) is 6.10 Å². The maximum atomic E-state index is 12.3. The summed E-state index contributed by atoms with van der Waals surface area (Å²) in [7, 11) is 0. The zero-order chi connectivity index (χ0) is 21.0. The van der Waals surface area contributed by atoms with Crippen molar-refractivity contribution >= 4 is 29.3 Å². The summed E-state index contributed by atoms with van der Waals surface area (Å²) in [6.45, 7) is 10.1. The number of hydrogen-bond donors (Lipinski definition) is 1. The van der Waals surface area contributed by atoms with Gasteiger partial charge in [0.25, 0.3) is 5.91 Å². The molecule has 1 atom stereocenters. The second kappa shape index (κ2) is 8.78. The fourth-order valence-electron chi connectivity index (χ4n) is 3.15. The molecule has 1 heterocycles. The maximum absolute atomic E-state index is 12.3. The molecule has 0 fully saturated rings. The van der Waals surface area contributed by atoms with E-state index in [-0.39, 0.29) is 11.8 Å². The molecule has 0 saturated heterocycles. The smallest absolute Gasteiger partial charge is 0.268 e. The number of nitrogens with zero attached hydrogens (tertiary/aromatic N) is 1. The van der Waals surface area contributed by atoms with E-state index in [1.807, 2.05) is 12.1 Å². The second-order valence-corrected chi connectivity index (χ2v) is 7.32. The van der Waals surface area contributed by atoms with E-state index < -0.39 is 6.10 Å². The fraction of sp³-hybridized carbons (Fsp3) is 0.250. The first kappa shape index (κ1) is 20.4. The monoisotopic (exact) mass is 390 g/mol. The van der Waals surface area contributed by atoms with Gasteiger partial charge in [-0.3, -0.25) is 9.59 Å². The van der Waals surface area contributed by atoms with Crippen LogP contribution < -0.4 is 15.0 Å². The molecule has 0 saturated carbocycles. The Kier molecular flexibility index (Phi) is 6.17. The number of hydrogen-bond acceptors (Lipinski definition) is 3. The highest BCUT2D eigenvalue weighted by Gasteiger charge is 2.30. The topological polar surface area (TPSA) is 58.6 Å². The molecule has 1 aliphatic rings. The number of carbonyl (C=O) groups excluding carboxylic acids is 2. The van der Waals surface area contributed by atoms with Crippen molar-refractivity contribution in [2.75, 3.05) is 16.8 Å². The van der Waals surface area contributed by atoms with Crippen LogP contribution in [0.15, 0.2) is 61.2 Å².